The second kappa shape index (κ2) is 7.44. The van der Waals surface area contributed by atoms with E-state index in [1.54, 1.807) is 0 Å². The van der Waals surface area contributed by atoms with Gasteiger partial charge in [0.2, 0.25) is 5.91 Å². The van der Waals surface area contributed by atoms with E-state index in [1.807, 2.05) is 30.5 Å². The minimum atomic E-state index is -0.100. The Bertz CT molecular complexity index is 865. The average molecular weight is 399 g/mol. The lowest BCUT2D eigenvalue weighted by Gasteiger charge is -2.25. The van der Waals surface area contributed by atoms with Gasteiger partial charge in [0.05, 0.1) is 0 Å². The van der Waals surface area contributed by atoms with Crippen molar-refractivity contribution >= 4 is 32.7 Å². The van der Waals surface area contributed by atoms with Crippen molar-refractivity contribution in [3.8, 4) is 0 Å². The Morgan fingerprint density at radius 3 is 2.60 bits per heavy atom. The zero-order valence-corrected chi connectivity index (χ0v) is 16.2. The lowest BCUT2D eigenvalue weighted by Crippen LogP contribution is -2.36. The maximum Gasteiger partial charge on any atom is 0.220 e. The number of amides is 1. The third kappa shape index (κ3) is 4.31. The van der Waals surface area contributed by atoms with Crippen LogP contribution < -0.4 is 5.32 Å². The Kier molecular flexibility index (Phi) is 5.28. The molecule has 1 aromatic heterocycles. The molecule has 0 saturated carbocycles. The van der Waals surface area contributed by atoms with Crippen LogP contribution in [0.1, 0.15) is 31.4 Å². The van der Waals surface area contributed by atoms with Crippen LogP contribution >= 0.6 is 15.9 Å². The van der Waals surface area contributed by atoms with Crippen molar-refractivity contribution in [2.45, 2.75) is 32.1 Å². The number of benzene rings is 2. The first kappa shape index (κ1) is 17.7. The minimum Gasteiger partial charge on any atom is -0.361 e. The smallest absolute Gasteiger partial charge is 0.220 e. The van der Waals surface area contributed by atoms with Gasteiger partial charge in [0.15, 0.2) is 0 Å². The molecule has 2 N–H and O–H groups in total. The molecule has 0 bridgehead atoms. The summed E-state index contributed by atoms with van der Waals surface area (Å²) in [5, 5.41) is 4.29. The molecule has 0 spiro atoms. The lowest BCUT2D eigenvalue weighted by molar-refractivity contribution is -0.121. The Hall–Kier alpha value is -2.07. The Morgan fingerprint density at radius 2 is 1.84 bits per heavy atom. The summed E-state index contributed by atoms with van der Waals surface area (Å²) in [6.07, 6.45) is 3.25. The van der Waals surface area contributed by atoms with Crippen LogP contribution in [-0.4, -0.2) is 17.4 Å². The highest BCUT2D eigenvalue weighted by atomic mass is 79.9. The van der Waals surface area contributed by atoms with Crippen molar-refractivity contribution in [2.24, 2.45) is 0 Å². The second-order valence-electron chi connectivity index (χ2n) is 7.03. The van der Waals surface area contributed by atoms with Crippen molar-refractivity contribution < 1.29 is 4.79 Å². The van der Waals surface area contributed by atoms with E-state index in [0.29, 0.717) is 13.0 Å². The van der Waals surface area contributed by atoms with E-state index in [1.165, 1.54) is 16.5 Å². The van der Waals surface area contributed by atoms with Crippen LogP contribution in [0.4, 0.5) is 0 Å². The first-order valence-corrected chi connectivity index (χ1v) is 9.33. The summed E-state index contributed by atoms with van der Waals surface area (Å²) < 4.78 is 1.06. The zero-order chi connectivity index (χ0) is 17.9. The molecule has 3 aromatic rings. The molecule has 0 saturated heterocycles. The van der Waals surface area contributed by atoms with Crippen LogP contribution in [-0.2, 0) is 16.6 Å². The molecule has 0 atom stereocenters. The highest BCUT2D eigenvalue weighted by Crippen LogP contribution is 2.24. The molecule has 1 heterocycles. The van der Waals surface area contributed by atoms with Gasteiger partial charge in [-0.1, -0.05) is 60.1 Å². The third-order valence-corrected chi connectivity index (χ3v) is 5.18. The van der Waals surface area contributed by atoms with Gasteiger partial charge in [0, 0.05) is 40.0 Å². The first-order chi connectivity index (χ1) is 12.0. The number of halogens is 1. The van der Waals surface area contributed by atoms with E-state index in [9.17, 15) is 4.79 Å². The van der Waals surface area contributed by atoms with E-state index >= 15 is 0 Å². The third-order valence-electron chi connectivity index (χ3n) is 4.65. The second-order valence-corrected chi connectivity index (χ2v) is 7.94. The van der Waals surface area contributed by atoms with Gasteiger partial charge in [-0.25, -0.2) is 0 Å². The molecule has 4 heteroatoms. The number of H-pyrrole nitrogens is 1. The molecule has 3 nitrogen and oxygen atoms in total. The van der Waals surface area contributed by atoms with Gasteiger partial charge in [-0.2, -0.15) is 0 Å². The van der Waals surface area contributed by atoms with Gasteiger partial charge in [-0.05, 0) is 35.7 Å². The van der Waals surface area contributed by atoms with Crippen molar-refractivity contribution in [2.75, 3.05) is 6.54 Å². The highest BCUT2D eigenvalue weighted by molar-refractivity contribution is 9.10. The van der Waals surface area contributed by atoms with Gasteiger partial charge in [-0.3, -0.25) is 4.79 Å². The van der Waals surface area contributed by atoms with E-state index in [0.717, 1.165) is 16.4 Å². The Balaban J connectivity index is 1.55. The number of hydrogen-bond acceptors (Lipinski definition) is 1. The van der Waals surface area contributed by atoms with Gasteiger partial charge in [0.25, 0.3) is 0 Å². The maximum absolute atomic E-state index is 12.3. The quantitative estimate of drug-likeness (QED) is 0.605. The molecule has 0 aliphatic heterocycles. The molecule has 0 radical (unpaired) electrons. The zero-order valence-electron chi connectivity index (χ0n) is 14.6. The number of rotatable bonds is 6. The minimum absolute atomic E-state index is 0.0930. The lowest BCUT2D eigenvalue weighted by atomic mass is 9.84. The molecule has 3 rings (SSSR count). The number of carbonyl (C=O) groups is 1. The number of fused-ring (bicyclic) bond motifs is 1. The molecule has 130 valence electrons. The number of hydrogen-bond donors (Lipinski definition) is 2. The summed E-state index contributed by atoms with van der Waals surface area (Å²) in [6.45, 7) is 4.92. The molecular formula is C21H23BrN2O. The summed E-state index contributed by atoms with van der Waals surface area (Å²) in [7, 11) is 0. The number of aromatic nitrogens is 1. The van der Waals surface area contributed by atoms with E-state index in [4.69, 9.17) is 0 Å². The van der Waals surface area contributed by atoms with Crippen molar-refractivity contribution in [3.05, 3.63) is 70.3 Å². The fourth-order valence-electron chi connectivity index (χ4n) is 3.00. The monoisotopic (exact) mass is 398 g/mol. The summed E-state index contributed by atoms with van der Waals surface area (Å²) >= 11 is 3.46. The first-order valence-electron chi connectivity index (χ1n) is 8.53. The highest BCUT2D eigenvalue weighted by Gasteiger charge is 2.21. The largest absolute Gasteiger partial charge is 0.361 e. The van der Waals surface area contributed by atoms with Crippen LogP contribution in [0.2, 0.25) is 0 Å². The Morgan fingerprint density at radius 1 is 1.12 bits per heavy atom. The number of nitrogens with one attached hydrogen (secondary N) is 2. The molecule has 2 aromatic carbocycles. The standard InChI is InChI=1S/C21H23BrN2O/c1-21(2,16-8-10-17(22)11-9-16)14-24-20(25)12-7-15-13-23-19-6-4-3-5-18(15)19/h3-6,8-11,13,23H,7,12,14H2,1-2H3,(H,24,25). The van der Waals surface area contributed by atoms with Gasteiger partial charge < -0.3 is 10.3 Å². The molecule has 25 heavy (non-hydrogen) atoms. The molecule has 0 unspecified atom stereocenters. The van der Waals surface area contributed by atoms with Crippen LogP contribution in [0, 0.1) is 0 Å². The van der Waals surface area contributed by atoms with Crippen molar-refractivity contribution in [1.29, 1.82) is 0 Å². The van der Waals surface area contributed by atoms with Gasteiger partial charge >= 0.3 is 0 Å². The van der Waals surface area contributed by atoms with Gasteiger partial charge in [0.1, 0.15) is 0 Å². The SMILES string of the molecule is CC(C)(CNC(=O)CCc1c[nH]c2ccccc12)c1ccc(Br)cc1. The fraction of sp³-hybridized carbons (Fsp3) is 0.286. The number of para-hydroxylation sites is 1. The topological polar surface area (TPSA) is 44.9 Å². The van der Waals surface area contributed by atoms with Gasteiger partial charge in [-0.15, -0.1) is 0 Å². The number of aryl methyl sites for hydroxylation is 1. The molecule has 0 fully saturated rings. The fourth-order valence-corrected chi connectivity index (χ4v) is 3.26. The molecule has 0 aliphatic carbocycles. The predicted molar refractivity (Wildman–Crippen MR) is 107 cm³/mol. The predicted octanol–water partition coefficient (Wildman–Crippen LogP) is 4.96. The van der Waals surface area contributed by atoms with E-state index in [-0.39, 0.29) is 11.3 Å². The summed E-state index contributed by atoms with van der Waals surface area (Å²) in [5.41, 5.74) is 3.43. The number of aromatic amines is 1. The summed E-state index contributed by atoms with van der Waals surface area (Å²) in [4.78, 5) is 15.5. The number of carbonyl (C=O) groups excluding carboxylic acids is 1. The van der Waals surface area contributed by atoms with E-state index < -0.39 is 0 Å². The normalized spacial score (nSPS) is 11.6. The van der Waals surface area contributed by atoms with Crippen molar-refractivity contribution in [1.82, 2.24) is 10.3 Å². The Labute approximate surface area is 157 Å². The molecule has 1 amide bonds. The molecular weight excluding hydrogens is 376 g/mol. The van der Waals surface area contributed by atoms with Crippen LogP contribution in [0.3, 0.4) is 0 Å². The van der Waals surface area contributed by atoms with Crippen LogP contribution in [0.25, 0.3) is 10.9 Å². The summed E-state index contributed by atoms with van der Waals surface area (Å²) in [5.74, 6) is 0.0930. The van der Waals surface area contributed by atoms with E-state index in [2.05, 4.69) is 64.3 Å². The van der Waals surface area contributed by atoms with Crippen LogP contribution in [0.5, 0.6) is 0 Å². The van der Waals surface area contributed by atoms with Crippen LogP contribution in [0.15, 0.2) is 59.2 Å². The summed E-state index contributed by atoms with van der Waals surface area (Å²) in [6, 6.07) is 16.5. The maximum atomic E-state index is 12.3. The van der Waals surface area contributed by atoms with Crippen molar-refractivity contribution in [3.63, 3.8) is 0 Å². The molecule has 0 aliphatic rings. The average Bonchev–Trinajstić information content (AvgIpc) is 3.02.